The average Bonchev–Trinajstić information content (AvgIpc) is 2.34. The molecule has 1 aromatic carbocycles. The van der Waals surface area contributed by atoms with E-state index in [0.717, 1.165) is 0 Å². The van der Waals surface area contributed by atoms with E-state index in [1.165, 1.54) is 0 Å². The van der Waals surface area contributed by atoms with E-state index < -0.39 is 17.9 Å². The largest absolute Gasteiger partial charge is 0.497 e. The summed E-state index contributed by atoms with van der Waals surface area (Å²) in [4.78, 5) is 23.1. The van der Waals surface area contributed by atoms with Crippen LogP contribution in [0.3, 0.4) is 0 Å². The number of amides is 2. The number of ether oxygens (including phenoxy) is 2. The second-order valence-corrected chi connectivity index (χ2v) is 3.89. The fraction of sp³-hybridized carbons (Fsp3) is 0.182. The molecule has 2 rings (SSSR count). The van der Waals surface area contributed by atoms with Crippen molar-refractivity contribution in [1.29, 1.82) is 0 Å². The Morgan fingerprint density at radius 3 is 2.06 bits per heavy atom. The van der Waals surface area contributed by atoms with E-state index >= 15 is 0 Å². The van der Waals surface area contributed by atoms with Crippen LogP contribution < -0.4 is 20.1 Å². The number of hydrogen-bond donors (Lipinski definition) is 2. The number of benzene rings is 1. The Morgan fingerprint density at radius 1 is 1.06 bits per heavy atom. The highest BCUT2D eigenvalue weighted by Gasteiger charge is 2.34. The molecule has 1 aliphatic rings. The lowest BCUT2D eigenvalue weighted by Gasteiger charge is -2.23. The molecular formula is C11H10N2O4S. The molecule has 6 nitrogen and oxygen atoms in total. The molecule has 2 amide bonds. The fourth-order valence-electron chi connectivity index (χ4n) is 1.40. The molecule has 0 saturated carbocycles. The number of carbonyl (C=O) groups is 2. The summed E-state index contributed by atoms with van der Waals surface area (Å²) in [6.45, 7) is 0. The molecule has 0 aliphatic carbocycles. The zero-order chi connectivity index (χ0) is 13.1. The first-order chi connectivity index (χ1) is 8.60. The highest BCUT2D eigenvalue weighted by molar-refractivity contribution is 7.80. The molecule has 1 aliphatic heterocycles. The van der Waals surface area contributed by atoms with Gasteiger partial charge < -0.3 is 9.47 Å². The van der Waals surface area contributed by atoms with Crippen molar-refractivity contribution in [3.63, 3.8) is 0 Å². The van der Waals surface area contributed by atoms with Crippen molar-refractivity contribution in [3.05, 3.63) is 24.3 Å². The first-order valence-electron chi connectivity index (χ1n) is 5.06. The Labute approximate surface area is 108 Å². The van der Waals surface area contributed by atoms with Crippen LogP contribution in [0.5, 0.6) is 11.5 Å². The average molecular weight is 266 g/mol. The number of methoxy groups -OCH3 is 1. The molecule has 0 bridgehead atoms. The van der Waals surface area contributed by atoms with Gasteiger partial charge in [0.05, 0.1) is 7.11 Å². The van der Waals surface area contributed by atoms with Crippen LogP contribution in [0.4, 0.5) is 0 Å². The van der Waals surface area contributed by atoms with E-state index in [0.29, 0.717) is 11.5 Å². The third kappa shape index (κ3) is 2.57. The maximum absolute atomic E-state index is 11.5. The lowest BCUT2D eigenvalue weighted by Crippen LogP contribution is -2.60. The molecule has 1 fully saturated rings. The van der Waals surface area contributed by atoms with E-state index in [1.54, 1.807) is 31.4 Å². The van der Waals surface area contributed by atoms with Crippen molar-refractivity contribution in [3.8, 4) is 11.5 Å². The predicted octanol–water partition coefficient (Wildman–Crippen LogP) is -0.0265. The zero-order valence-electron chi connectivity index (χ0n) is 9.43. The number of nitrogens with one attached hydrogen (secondary N) is 2. The van der Waals surface area contributed by atoms with Crippen molar-refractivity contribution in [2.45, 2.75) is 6.10 Å². The van der Waals surface area contributed by atoms with Gasteiger partial charge in [0.15, 0.2) is 5.11 Å². The molecule has 0 aromatic heterocycles. The first kappa shape index (κ1) is 12.3. The Bertz CT molecular complexity index is 480. The summed E-state index contributed by atoms with van der Waals surface area (Å²) in [5, 5.41) is 4.61. The summed E-state index contributed by atoms with van der Waals surface area (Å²) in [5.74, 6) is -0.126. The fourth-order valence-corrected chi connectivity index (χ4v) is 1.60. The normalized spacial score (nSPS) is 15.9. The molecule has 0 atom stereocenters. The van der Waals surface area contributed by atoms with Gasteiger partial charge in [-0.3, -0.25) is 20.2 Å². The van der Waals surface area contributed by atoms with Gasteiger partial charge in [0.1, 0.15) is 11.5 Å². The Morgan fingerprint density at radius 2 is 1.56 bits per heavy atom. The van der Waals surface area contributed by atoms with Crippen molar-refractivity contribution in [2.75, 3.05) is 7.11 Å². The maximum Gasteiger partial charge on any atom is 0.277 e. The summed E-state index contributed by atoms with van der Waals surface area (Å²) < 4.78 is 10.3. The number of thiocarbonyl (C=S) groups is 1. The van der Waals surface area contributed by atoms with Gasteiger partial charge in [0, 0.05) is 0 Å². The highest BCUT2D eigenvalue weighted by atomic mass is 32.1. The summed E-state index contributed by atoms with van der Waals surface area (Å²) >= 11 is 4.67. The third-order valence-corrected chi connectivity index (χ3v) is 2.47. The van der Waals surface area contributed by atoms with Crippen LogP contribution in [-0.2, 0) is 9.59 Å². The molecular weight excluding hydrogens is 256 g/mol. The van der Waals surface area contributed by atoms with Gasteiger partial charge in [-0.15, -0.1) is 0 Å². The van der Waals surface area contributed by atoms with E-state index in [1.807, 2.05) is 0 Å². The Balaban J connectivity index is 2.10. The van der Waals surface area contributed by atoms with Gasteiger partial charge in [0.25, 0.3) is 17.9 Å². The molecule has 18 heavy (non-hydrogen) atoms. The van der Waals surface area contributed by atoms with Crippen molar-refractivity contribution >= 4 is 29.1 Å². The molecule has 94 valence electrons. The van der Waals surface area contributed by atoms with Crippen LogP contribution in [0, 0.1) is 0 Å². The highest BCUT2D eigenvalue weighted by Crippen LogP contribution is 2.18. The van der Waals surface area contributed by atoms with Crippen LogP contribution in [0.15, 0.2) is 24.3 Å². The van der Waals surface area contributed by atoms with Crippen LogP contribution in [0.1, 0.15) is 0 Å². The molecule has 1 saturated heterocycles. The van der Waals surface area contributed by atoms with Gasteiger partial charge in [-0.1, -0.05) is 0 Å². The van der Waals surface area contributed by atoms with E-state index in [-0.39, 0.29) is 5.11 Å². The summed E-state index contributed by atoms with van der Waals surface area (Å²) in [7, 11) is 1.54. The Kier molecular flexibility index (Phi) is 3.42. The SMILES string of the molecule is COc1ccc(OC2C(=O)NC(=S)NC2=O)cc1. The van der Waals surface area contributed by atoms with Crippen LogP contribution in [0.25, 0.3) is 0 Å². The first-order valence-corrected chi connectivity index (χ1v) is 5.47. The number of rotatable bonds is 3. The van der Waals surface area contributed by atoms with Gasteiger partial charge in [0.2, 0.25) is 0 Å². The zero-order valence-corrected chi connectivity index (χ0v) is 10.2. The van der Waals surface area contributed by atoms with Gasteiger partial charge in [-0.05, 0) is 36.5 Å². The number of carbonyl (C=O) groups excluding carboxylic acids is 2. The quantitative estimate of drug-likeness (QED) is 0.593. The minimum atomic E-state index is -1.25. The summed E-state index contributed by atoms with van der Waals surface area (Å²) in [6.07, 6.45) is -1.25. The molecule has 0 unspecified atom stereocenters. The minimum Gasteiger partial charge on any atom is -0.497 e. The van der Waals surface area contributed by atoms with E-state index in [4.69, 9.17) is 9.47 Å². The van der Waals surface area contributed by atoms with Gasteiger partial charge in [-0.2, -0.15) is 0 Å². The molecule has 0 radical (unpaired) electrons. The predicted molar refractivity (Wildman–Crippen MR) is 66.3 cm³/mol. The lowest BCUT2D eigenvalue weighted by atomic mass is 10.2. The second-order valence-electron chi connectivity index (χ2n) is 3.48. The molecule has 7 heteroatoms. The van der Waals surface area contributed by atoms with Crippen molar-refractivity contribution in [2.24, 2.45) is 0 Å². The maximum atomic E-state index is 11.5. The van der Waals surface area contributed by atoms with Crippen LogP contribution >= 0.6 is 12.2 Å². The Hall–Kier alpha value is -2.15. The van der Waals surface area contributed by atoms with Crippen LogP contribution in [0.2, 0.25) is 0 Å². The van der Waals surface area contributed by atoms with E-state index in [2.05, 4.69) is 22.9 Å². The molecule has 0 spiro atoms. The van der Waals surface area contributed by atoms with Crippen LogP contribution in [-0.4, -0.2) is 30.1 Å². The van der Waals surface area contributed by atoms with Gasteiger partial charge in [-0.25, -0.2) is 0 Å². The summed E-state index contributed by atoms with van der Waals surface area (Å²) in [5.41, 5.74) is 0. The molecule has 2 N–H and O–H groups in total. The lowest BCUT2D eigenvalue weighted by molar-refractivity contribution is -0.139. The van der Waals surface area contributed by atoms with Gasteiger partial charge >= 0.3 is 0 Å². The van der Waals surface area contributed by atoms with Crippen molar-refractivity contribution in [1.82, 2.24) is 10.6 Å². The molecule has 1 heterocycles. The standard InChI is InChI=1S/C11H10N2O4S/c1-16-6-2-4-7(5-3-6)17-8-9(14)12-11(18)13-10(8)15/h2-5,8H,1H3,(H2,12,13,14,15,18). The van der Waals surface area contributed by atoms with Crippen molar-refractivity contribution < 1.29 is 19.1 Å². The molecule has 1 aromatic rings. The second kappa shape index (κ2) is 5.01. The monoisotopic (exact) mass is 266 g/mol. The topological polar surface area (TPSA) is 76.7 Å². The minimum absolute atomic E-state index is 0.0143. The summed E-state index contributed by atoms with van der Waals surface area (Å²) in [6, 6.07) is 6.54. The van der Waals surface area contributed by atoms with E-state index in [9.17, 15) is 9.59 Å². The third-order valence-electron chi connectivity index (χ3n) is 2.26. The smallest absolute Gasteiger partial charge is 0.277 e. The number of hydrogen-bond acceptors (Lipinski definition) is 5.